The first-order chi connectivity index (χ1) is 9.06. The van der Waals surface area contributed by atoms with Crippen molar-refractivity contribution in [3.05, 3.63) is 26.9 Å². The zero-order chi connectivity index (χ0) is 14.0. The molecule has 0 unspecified atom stereocenters. The largest absolute Gasteiger partial charge is 0.394 e. The van der Waals surface area contributed by atoms with Gasteiger partial charge in [-0.1, -0.05) is 13.3 Å². The van der Waals surface area contributed by atoms with E-state index in [1.165, 1.54) is 0 Å². The smallest absolute Gasteiger partial charge is 0.254 e. The van der Waals surface area contributed by atoms with Crippen LogP contribution in [0.1, 0.15) is 31.6 Å². The van der Waals surface area contributed by atoms with Crippen LogP contribution in [0, 0.1) is 4.77 Å². The van der Waals surface area contributed by atoms with Crippen LogP contribution in [0.25, 0.3) is 0 Å². The van der Waals surface area contributed by atoms with Crippen molar-refractivity contribution >= 4 is 12.2 Å². The van der Waals surface area contributed by atoms with Gasteiger partial charge in [0.1, 0.15) is 12.3 Å². The molecule has 6 nitrogen and oxygen atoms in total. The zero-order valence-corrected chi connectivity index (χ0v) is 11.5. The fourth-order valence-electron chi connectivity index (χ4n) is 2.24. The van der Waals surface area contributed by atoms with Gasteiger partial charge < -0.3 is 14.9 Å². The van der Waals surface area contributed by atoms with Crippen LogP contribution in [-0.2, 0) is 11.2 Å². The molecule has 0 spiro atoms. The van der Waals surface area contributed by atoms with Gasteiger partial charge in [0.25, 0.3) is 5.56 Å². The molecule has 1 aliphatic rings. The van der Waals surface area contributed by atoms with Gasteiger partial charge in [-0.25, -0.2) is 0 Å². The Balaban J connectivity index is 2.33. The standard InChI is InChI=1S/C12H18N2O4S/c1-2-3-7-5-14(12(19)13-11(7)17)10-4-8(16)9(6-15)18-10/h5,8-10,15-16H,2-4,6H2,1H3,(H,13,17,19)/t8-,9+,10+/m0/s1. The van der Waals surface area contributed by atoms with Crippen LogP contribution in [0.3, 0.4) is 0 Å². The second kappa shape index (κ2) is 5.96. The Bertz CT molecular complexity index is 553. The molecule has 3 N–H and O–H groups in total. The van der Waals surface area contributed by atoms with Crippen LogP contribution in [0.5, 0.6) is 0 Å². The van der Waals surface area contributed by atoms with E-state index in [0.717, 1.165) is 6.42 Å². The quantitative estimate of drug-likeness (QED) is 0.702. The minimum absolute atomic E-state index is 0.180. The number of nitrogens with one attached hydrogen (secondary N) is 1. The Morgan fingerprint density at radius 3 is 2.95 bits per heavy atom. The fraction of sp³-hybridized carbons (Fsp3) is 0.667. The first-order valence-electron chi connectivity index (χ1n) is 6.35. The number of rotatable bonds is 4. The molecule has 1 aromatic heterocycles. The highest BCUT2D eigenvalue weighted by Crippen LogP contribution is 2.28. The van der Waals surface area contributed by atoms with Crippen molar-refractivity contribution < 1.29 is 14.9 Å². The summed E-state index contributed by atoms with van der Waals surface area (Å²) in [5.74, 6) is 0. The van der Waals surface area contributed by atoms with E-state index in [9.17, 15) is 9.90 Å². The van der Waals surface area contributed by atoms with Gasteiger partial charge in [-0.15, -0.1) is 0 Å². The number of ether oxygens (including phenoxy) is 1. The van der Waals surface area contributed by atoms with E-state index in [-0.39, 0.29) is 16.9 Å². The van der Waals surface area contributed by atoms with Crippen molar-refractivity contribution in [2.75, 3.05) is 6.61 Å². The monoisotopic (exact) mass is 286 g/mol. The van der Waals surface area contributed by atoms with Crippen LogP contribution in [0.15, 0.2) is 11.0 Å². The Kier molecular flexibility index (Phi) is 4.51. The second-order valence-electron chi connectivity index (χ2n) is 4.69. The molecule has 0 saturated carbocycles. The van der Waals surface area contributed by atoms with Crippen molar-refractivity contribution in [3.63, 3.8) is 0 Å². The second-order valence-corrected chi connectivity index (χ2v) is 5.07. The summed E-state index contributed by atoms with van der Waals surface area (Å²) in [6, 6.07) is 0. The van der Waals surface area contributed by atoms with Gasteiger partial charge in [-0.05, 0) is 18.6 Å². The van der Waals surface area contributed by atoms with E-state index in [0.29, 0.717) is 18.4 Å². The SMILES string of the molecule is CCCc1cn([C@H]2C[C@H](O)[C@@H](CO)O2)c(=S)[nH]c1=O. The van der Waals surface area contributed by atoms with Crippen molar-refractivity contribution in [2.45, 2.75) is 44.6 Å². The van der Waals surface area contributed by atoms with Gasteiger partial charge in [0, 0.05) is 18.2 Å². The molecule has 1 aliphatic heterocycles. The molecule has 1 aromatic rings. The molecule has 106 valence electrons. The minimum atomic E-state index is -0.724. The molecule has 0 radical (unpaired) electrons. The van der Waals surface area contributed by atoms with E-state index in [2.05, 4.69) is 4.98 Å². The highest BCUT2D eigenvalue weighted by molar-refractivity contribution is 7.71. The van der Waals surface area contributed by atoms with Gasteiger partial charge in [-0.3, -0.25) is 14.3 Å². The highest BCUT2D eigenvalue weighted by atomic mass is 32.1. The number of hydrogen-bond donors (Lipinski definition) is 3. The maximum Gasteiger partial charge on any atom is 0.254 e. The van der Waals surface area contributed by atoms with E-state index < -0.39 is 18.4 Å². The Hall–Kier alpha value is -1.02. The van der Waals surface area contributed by atoms with Gasteiger partial charge in [0.2, 0.25) is 0 Å². The van der Waals surface area contributed by atoms with Crippen LogP contribution in [-0.4, -0.2) is 38.6 Å². The fourth-order valence-corrected chi connectivity index (χ4v) is 2.50. The Morgan fingerprint density at radius 2 is 2.37 bits per heavy atom. The van der Waals surface area contributed by atoms with E-state index in [1.54, 1.807) is 10.8 Å². The normalized spacial score (nSPS) is 26.8. The van der Waals surface area contributed by atoms with E-state index in [1.807, 2.05) is 6.92 Å². The molecular weight excluding hydrogens is 268 g/mol. The Morgan fingerprint density at radius 1 is 1.63 bits per heavy atom. The van der Waals surface area contributed by atoms with Crippen LogP contribution >= 0.6 is 12.2 Å². The summed E-state index contributed by atoms with van der Waals surface area (Å²) in [5.41, 5.74) is 0.460. The van der Waals surface area contributed by atoms with Gasteiger partial charge in [-0.2, -0.15) is 0 Å². The van der Waals surface area contributed by atoms with Gasteiger partial charge >= 0.3 is 0 Å². The molecule has 0 aliphatic carbocycles. The number of nitrogens with zero attached hydrogens (tertiary/aromatic N) is 1. The average Bonchev–Trinajstić information content (AvgIpc) is 2.74. The number of aromatic amines is 1. The van der Waals surface area contributed by atoms with Gasteiger partial charge in [0.15, 0.2) is 4.77 Å². The van der Waals surface area contributed by atoms with Crippen LogP contribution < -0.4 is 5.56 Å². The van der Waals surface area contributed by atoms with Crippen molar-refractivity contribution in [3.8, 4) is 0 Å². The average molecular weight is 286 g/mol. The lowest BCUT2D eigenvalue weighted by Crippen LogP contribution is -2.24. The summed E-state index contributed by atoms with van der Waals surface area (Å²) in [6.45, 7) is 1.75. The molecule has 0 bridgehead atoms. The number of aryl methyl sites for hydroxylation is 1. The summed E-state index contributed by atoms with van der Waals surface area (Å²) in [5, 5.41) is 18.8. The third-order valence-corrected chi connectivity index (χ3v) is 3.57. The molecule has 0 amide bonds. The molecule has 0 aromatic carbocycles. The topological polar surface area (TPSA) is 87.5 Å². The third kappa shape index (κ3) is 2.94. The molecule has 3 atom stereocenters. The summed E-state index contributed by atoms with van der Waals surface area (Å²) in [6.07, 6.45) is 1.76. The third-order valence-electron chi connectivity index (χ3n) is 3.26. The van der Waals surface area contributed by atoms with E-state index in [4.69, 9.17) is 22.1 Å². The number of aliphatic hydroxyl groups excluding tert-OH is 2. The molecular formula is C12H18N2O4S. The van der Waals surface area contributed by atoms with Crippen LogP contribution in [0.2, 0.25) is 0 Å². The molecule has 2 heterocycles. The highest BCUT2D eigenvalue weighted by Gasteiger charge is 2.34. The number of hydrogen-bond acceptors (Lipinski definition) is 5. The predicted octanol–water partition coefficient (Wildman–Crippen LogP) is 0.499. The number of aromatic nitrogens is 2. The lowest BCUT2D eigenvalue weighted by molar-refractivity contribution is -0.0453. The van der Waals surface area contributed by atoms with Crippen molar-refractivity contribution in [2.24, 2.45) is 0 Å². The first kappa shape index (κ1) is 14.4. The summed E-state index contributed by atoms with van der Waals surface area (Å²) >= 11 is 5.12. The molecule has 7 heteroatoms. The lowest BCUT2D eigenvalue weighted by atomic mass is 10.2. The summed E-state index contributed by atoms with van der Waals surface area (Å²) in [7, 11) is 0. The zero-order valence-electron chi connectivity index (χ0n) is 10.7. The predicted molar refractivity (Wildman–Crippen MR) is 71.5 cm³/mol. The lowest BCUT2D eigenvalue weighted by Gasteiger charge is -2.16. The number of H-pyrrole nitrogens is 1. The minimum Gasteiger partial charge on any atom is -0.394 e. The summed E-state index contributed by atoms with van der Waals surface area (Å²) < 4.78 is 7.44. The Labute approximate surface area is 115 Å². The van der Waals surface area contributed by atoms with Crippen molar-refractivity contribution in [1.82, 2.24) is 9.55 Å². The molecule has 1 saturated heterocycles. The summed E-state index contributed by atoms with van der Waals surface area (Å²) in [4.78, 5) is 14.3. The first-order valence-corrected chi connectivity index (χ1v) is 6.76. The van der Waals surface area contributed by atoms with Gasteiger partial charge in [0.05, 0.1) is 12.7 Å². The van der Waals surface area contributed by atoms with E-state index >= 15 is 0 Å². The molecule has 19 heavy (non-hydrogen) atoms. The van der Waals surface area contributed by atoms with Crippen LogP contribution in [0.4, 0.5) is 0 Å². The molecule has 2 rings (SSSR count). The maximum absolute atomic E-state index is 11.7. The molecule has 1 fully saturated rings. The number of aliphatic hydroxyl groups is 2. The van der Waals surface area contributed by atoms with Crippen molar-refractivity contribution in [1.29, 1.82) is 0 Å². The maximum atomic E-state index is 11.7.